The lowest BCUT2D eigenvalue weighted by molar-refractivity contribution is -0.142. The van der Waals surface area contributed by atoms with Crippen LogP contribution in [0.5, 0.6) is 0 Å². The van der Waals surface area contributed by atoms with Gasteiger partial charge in [0.25, 0.3) is 0 Å². The van der Waals surface area contributed by atoms with Gasteiger partial charge in [0.1, 0.15) is 0 Å². The second kappa shape index (κ2) is 3.66. The van der Waals surface area contributed by atoms with Gasteiger partial charge in [0.15, 0.2) is 11.5 Å². The summed E-state index contributed by atoms with van der Waals surface area (Å²) >= 11 is 0. The topological polar surface area (TPSA) is 26.0 Å². The summed E-state index contributed by atoms with van der Waals surface area (Å²) in [6.45, 7) is 1.85. The molecule has 0 saturated carbocycles. The van der Waals surface area contributed by atoms with Crippen LogP contribution < -0.4 is 0 Å². The van der Waals surface area contributed by atoms with Crippen LogP contribution in [-0.2, 0) is 6.18 Å². The molecule has 0 atom stereocenters. The van der Waals surface area contributed by atoms with Crippen molar-refractivity contribution < 1.29 is 17.7 Å². The maximum absolute atomic E-state index is 12.3. The van der Waals surface area contributed by atoms with Gasteiger partial charge >= 0.3 is 6.18 Å². The van der Waals surface area contributed by atoms with Gasteiger partial charge in [-0.15, -0.1) is 0 Å². The second-order valence-corrected chi connectivity index (χ2v) is 3.44. The van der Waals surface area contributed by atoms with E-state index in [1.54, 1.807) is 18.2 Å². The molecule has 84 valence electrons. The van der Waals surface area contributed by atoms with Crippen LogP contribution in [0.1, 0.15) is 11.3 Å². The molecular weight excluding hydrogens is 219 g/mol. The highest BCUT2D eigenvalue weighted by molar-refractivity contribution is 5.58. The summed E-state index contributed by atoms with van der Waals surface area (Å²) in [5.41, 5.74) is 0.523. The zero-order valence-electron chi connectivity index (χ0n) is 8.38. The van der Waals surface area contributed by atoms with E-state index in [0.29, 0.717) is 5.56 Å². The van der Waals surface area contributed by atoms with E-state index in [4.69, 9.17) is 0 Å². The lowest BCUT2D eigenvalue weighted by Crippen LogP contribution is -2.04. The molecule has 5 heteroatoms. The number of hydrogen-bond donors (Lipinski definition) is 0. The Balaban J connectivity index is 2.39. The minimum atomic E-state index is -4.47. The molecule has 2 nitrogen and oxygen atoms in total. The Morgan fingerprint density at radius 3 is 2.50 bits per heavy atom. The van der Waals surface area contributed by atoms with Crippen LogP contribution in [0.15, 0.2) is 34.9 Å². The van der Waals surface area contributed by atoms with E-state index in [-0.39, 0.29) is 5.76 Å². The molecule has 0 spiro atoms. The number of alkyl halides is 3. The van der Waals surface area contributed by atoms with Crippen molar-refractivity contribution in [1.29, 1.82) is 0 Å². The van der Waals surface area contributed by atoms with Gasteiger partial charge in [-0.1, -0.05) is 28.9 Å². The summed E-state index contributed by atoms with van der Waals surface area (Å²) in [6.07, 6.45) is -4.47. The van der Waals surface area contributed by atoms with E-state index in [0.717, 1.165) is 11.6 Å². The lowest BCUT2D eigenvalue weighted by atomic mass is 10.1. The third-order valence-electron chi connectivity index (χ3n) is 2.10. The minimum Gasteiger partial charge on any atom is -0.356 e. The summed E-state index contributed by atoms with van der Waals surface area (Å²) in [6, 6.07) is 7.91. The quantitative estimate of drug-likeness (QED) is 0.742. The Kier molecular flexibility index (Phi) is 2.46. The van der Waals surface area contributed by atoms with Crippen LogP contribution in [-0.4, -0.2) is 5.16 Å². The van der Waals surface area contributed by atoms with Gasteiger partial charge in [-0.3, -0.25) is 0 Å². The van der Waals surface area contributed by atoms with Crippen molar-refractivity contribution in [3.63, 3.8) is 0 Å². The van der Waals surface area contributed by atoms with Crippen molar-refractivity contribution in [1.82, 2.24) is 5.16 Å². The Morgan fingerprint density at radius 2 is 1.94 bits per heavy atom. The Labute approximate surface area is 89.7 Å². The van der Waals surface area contributed by atoms with Crippen molar-refractivity contribution in [2.24, 2.45) is 0 Å². The largest absolute Gasteiger partial charge is 0.436 e. The average Bonchev–Trinajstić information content (AvgIpc) is 2.65. The van der Waals surface area contributed by atoms with Gasteiger partial charge in [-0.25, -0.2) is 0 Å². The number of hydrogen-bond acceptors (Lipinski definition) is 2. The standard InChI is InChI=1S/C11H8F3NO/c1-7-3-2-4-8(5-7)9-6-10(15-16-9)11(12,13)14/h2-6H,1H3. The highest BCUT2D eigenvalue weighted by atomic mass is 19.4. The van der Waals surface area contributed by atoms with Crippen LogP contribution in [0.3, 0.4) is 0 Å². The van der Waals surface area contributed by atoms with Crippen LogP contribution in [0.2, 0.25) is 0 Å². The molecule has 0 aliphatic rings. The van der Waals surface area contributed by atoms with Crippen LogP contribution >= 0.6 is 0 Å². The van der Waals surface area contributed by atoms with Crippen LogP contribution in [0.4, 0.5) is 13.2 Å². The maximum atomic E-state index is 12.3. The number of aryl methyl sites for hydroxylation is 1. The van der Waals surface area contributed by atoms with Crippen molar-refractivity contribution >= 4 is 0 Å². The molecule has 0 fully saturated rings. The first-order valence-corrected chi connectivity index (χ1v) is 4.58. The van der Waals surface area contributed by atoms with E-state index < -0.39 is 11.9 Å². The van der Waals surface area contributed by atoms with Gasteiger partial charge in [0.2, 0.25) is 0 Å². The zero-order valence-corrected chi connectivity index (χ0v) is 8.38. The fourth-order valence-corrected chi connectivity index (χ4v) is 1.34. The Morgan fingerprint density at radius 1 is 1.19 bits per heavy atom. The Bertz CT molecular complexity index is 502. The maximum Gasteiger partial charge on any atom is 0.436 e. The molecule has 0 N–H and O–H groups in total. The predicted octanol–water partition coefficient (Wildman–Crippen LogP) is 3.67. The smallest absolute Gasteiger partial charge is 0.356 e. The van der Waals surface area contributed by atoms with Crippen molar-refractivity contribution in [3.8, 4) is 11.3 Å². The number of aromatic nitrogens is 1. The summed E-state index contributed by atoms with van der Waals surface area (Å²) in [5, 5.41) is 2.99. The lowest BCUT2D eigenvalue weighted by Gasteiger charge is -1.98. The number of halogens is 3. The monoisotopic (exact) mass is 227 g/mol. The molecule has 0 saturated heterocycles. The molecule has 2 aromatic rings. The molecule has 0 unspecified atom stereocenters. The van der Waals surface area contributed by atoms with Crippen molar-refractivity contribution in [2.75, 3.05) is 0 Å². The van der Waals surface area contributed by atoms with E-state index >= 15 is 0 Å². The summed E-state index contributed by atoms with van der Waals surface area (Å²) in [5.74, 6) is 0.121. The minimum absolute atomic E-state index is 0.121. The molecule has 1 aromatic carbocycles. The second-order valence-electron chi connectivity index (χ2n) is 3.44. The summed E-state index contributed by atoms with van der Waals surface area (Å²) < 4.78 is 41.5. The van der Waals surface area contributed by atoms with E-state index in [1.165, 1.54) is 0 Å². The van der Waals surface area contributed by atoms with E-state index in [2.05, 4.69) is 9.68 Å². The fourth-order valence-electron chi connectivity index (χ4n) is 1.34. The highest BCUT2D eigenvalue weighted by Crippen LogP contribution is 2.31. The van der Waals surface area contributed by atoms with Gasteiger partial charge in [-0.05, 0) is 13.0 Å². The average molecular weight is 227 g/mol. The van der Waals surface area contributed by atoms with Crippen molar-refractivity contribution in [2.45, 2.75) is 13.1 Å². The molecular formula is C11H8F3NO. The summed E-state index contributed by atoms with van der Waals surface area (Å²) in [7, 11) is 0. The van der Waals surface area contributed by atoms with Gasteiger partial charge in [0, 0.05) is 11.6 Å². The normalized spacial score (nSPS) is 11.8. The molecule has 16 heavy (non-hydrogen) atoms. The van der Waals surface area contributed by atoms with Crippen molar-refractivity contribution in [3.05, 3.63) is 41.6 Å². The van der Waals surface area contributed by atoms with E-state index in [1.807, 2.05) is 13.0 Å². The first-order valence-electron chi connectivity index (χ1n) is 4.58. The predicted molar refractivity (Wildman–Crippen MR) is 51.7 cm³/mol. The zero-order chi connectivity index (χ0) is 11.8. The molecule has 0 radical (unpaired) electrons. The van der Waals surface area contributed by atoms with Crippen LogP contribution in [0, 0.1) is 6.92 Å². The van der Waals surface area contributed by atoms with Gasteiger partial charge < -0.3 is 4.52 Å². The third-order valence-corrected chi connectivity index (χ3v) is 2.10. The Hall–Kier alpha value is -1.78. The third kappa shape index (κ3) is 2.08. The molecule has 0 bridgehead atoms. The molecule has 0 aliphatic heterocycles. The van der Waals surface area contributed by atoms with Gasteiger partial charge in [0.05, 0.1) is 0 Å². The molecule has 1 heterocycles. The molecule has 1 aromatic heterocycles. The first kappa shape index (κ1) is 10.7. The number of rotatable bonds is 1. The number of nitrogens with zero attached hydrogens (tertiary/aromatic N) is 1. The molecule has 2 rings (SSSR count). The first-order chi connectivity index (χ1) is 7.47. The number of benzene rings is 1. The molecule has 0 aliphatic carbocycles. The fraction of sp³-hybridized carbons (Fsp3) is 0.182. The highest BCUT2D eigenvalue weighted by Gasteiger charge is 2.35. The molecule has 0 amide bonds. The van der Waals surface area contributed by atoms with Gasteiger partial charge in [-0.2, -0.15) is 13.2 Å². The summed E-state index contributed by atoms with van der Waals surface area (Å²) in [4.78, 5) is 0. The van der Waals surface area contributed by atoms with Crippen LogP contribution in [0.25, 0.3) is 11.3 Å². The SMILES string of the molecule is Cc1cccc(-c2cc(C(F)(F)F)no2)c1. The van der Waals surface area contributed by atoms with E-state index in [9.17, 15) is 13.2 Å².